The molecule has 2 aliphatic heterocycles. The lowest BCUT2D eigenvalue weighted by molar-refractivity contribution is -0.129. The average molecular weight is 338 g/mol. The highest BCUT2D eigenvalue weighted by molar-refractivity contribution is 5.80. The molecule has 0 aromatic heterocycles. The first kappa shape index (κ1) is 19.0. The summed E-state index contributed by atoms with van der Waals surface area (Å²) in [5, 5.41) is 6.93. The van der Waals surface area contributed by atoms with E-state index >= 15 is 0 Å². The van der Waals surface area contributed by atoms with E-state index in [2.05, 4.69) is 34.4 Å². The van der Waals surface area contributed by atoms with Crippen molar-refractivity contribution in [2.24, 2.45) is 10.9 Å². The minimum Gasteiger partial charge on any atom is -0.355 e. The van der Waals surface area contributed by atoms with Gasteiger partial charge in [0.15, 0.2) is 5.96 Å². The van der Waals surface area contributed by atoms with E-state index in [-0.39, 0.29) is 5.91 Å². The van der Waals surface area contributed by atoms with E-state index in [4.69, 9.17) is 0 Å². The SMILES string of the molecule is CCC(=O)N1CCC(NC(=NC)NCC(C)N2CCCC(C)C2)C1. The van der Waals surface area contributed by atoms with Crippen LogP contribution < -0.4 is 10.6 Å². The second-order valence-corrected chi connectivity index (χ2v) is 7.37. The summed E-state index contributed by atoms with van der Waals surface area (Å²) < 4.78 is 0. The number of carbonyl (C=O) groups excluding carboxylic acids is 1. The molecule has 0 radical (unpaired) electrons. The second kappa shape index (κ2) is 9.25. The molecular formula is C18H35N5O. The molecule has 2 saturated heterocycles. The molecule has 2 aliphatic rings. The Morgan fingerprint density at radius 1 is 1.29 bits per heavy atom. The number of hydrogen-bond acceptors (Lipinski definition) is 3. The number of aliphatic imine (C=N–C) groups is 1. The van der Waals surface area contributed by atoms with Crippen LogP contribution in [0, 0.1) is 5.92 Å². The Hall–Kier alpha value is -1.30. The maximum atomic E-state index is 11.8. The third kappa shape index (κ3) is 5.36. The molecule has 0 saturated carbocycles. The van der Waals surface area contributed by atoms with Crippen LogP contribution >= 0.6 is 0 Å². The molecule has 3 unspecified atom stereocenters. The smallest absolute Gasteiger partial charge is 0.222 e. The van der Waals surface area contributed by atoms with Crippen LogP contribution in [0.1, 0.15) is 46.5 Å². The quantitative estimate of drug-likeness (QED) is 0.586. The van der Waals surface area contributed by atoms with Crippen LogP contribution in [0.4, 0.5) is 0 Å². The van der Waals surface area contributed by atoms with E-state index in [1.165, 1.54) is 25.9 Å². The Labute approximate surface area is 147 Å². The fourth-order valence-electron chi connectivity index (χ4n) is 3.72. The molecule has 6 heteroatoms. The molecule has 0 aromatic rings. The van der Waals surface area contributed by atoms with Crippen LogP contribution in [-0.2, 0) is 4.79 Å². The topological polar surface area (TPSA) is 60.0 Å². The molecule has 24 heavy (non-hydrogen) atoms. The summed E-state index contributed by atoms with van der Waals surface area (Å²) in [6.45, 7) is 11.5. The highest BCUT2D eigenvalue weighted by atomic mass is 16.2. The van der Waals surface area contributed by atoms with Gasteiger partial charge in [0.25, 0.3) is 0 Å². The van der Waals surface area contributed by atoms with E-state index in [0.717, 1.165) is 37.9 Å². The summed E-state index contributed by atoms with van der Waals surface area (Å²) in [6.07, 6.45) is 4.24. The van der Waals surface area contributed by atoms with Crippen molar-refractivity contribution in [1.82, 2.24) is 20.4 Å². The second-order valence-electron chi connectivity index (χ2n) is 7.37. The molecule has 0 spiro atoms. The molecule has 0 aliphatic carbocycles. The highest BCUT2D eigenvalue weighted by Gasteiger charge is 2.26. The zero-order valence-corrected chi connectivity index (χ0v) is 15.8. The number of likely N-dealkylation sites (tertiary alicyclic amines) is 2. The predicted molar refractivity (Wildman–Crippen MR) is 99.2 cm³/mol. The zero-order chi connectivity index (χ0) is 17.5. The first-order chi connectivity index (χ1) is 11.5. The molecule has 2 N–H and O–H groups in total. The summed E-state index contributed by atoms with van der Waals surface area (Å²) in [5.41, 5.74) is 0. The third-order valence-corrected chi connectivity index (χ3v) is 5.28. The number of nitrogens with one attached hydrogen (secondary N) is 2. The Kier molecular flexibility index (Phi) is 7.34. The van der Waals surface area contributed by atoms with Gasteiger partial charge >= 0.3 is 0 Å². The number of rotatable bonds is 5. The van der Waals surface area contributed by atoms with Crippen LogP contribution in [0.15, 0.2) is 4.99 Å². The average Bonchev–Trinajstić information content (AvgIpc) is 3.06. The molecule has 6 nitrogen and oxygen atoms in total. The minimum absolute atomic E-state index is 0.245. The summed E-state index contributed by atoms with van der Waals surface area (Å²) in [6, 6.07) is 0.810. The Balaban J connectivity index is 1.73. The molecule has 2 rings (SSSR count). The van der Waals surface area contributed by atoms with Gasteiger partial charge in [-0.2, -0.15) is 0 Å². The van der Waals surface area contributed by atoms with E-state index in [0.29, 0.717) is 18.5 Å². The number of carbonyl (C=O) groups is 1. The first-order valence-corrected chi connectivity index (χ1v) is 9.52. The van der Waals surface area contributed by atoms with E-state index in [1.807, 2.05) is 18.9 Å². The summed E-state index contributed by atoms with van der Waals surface area (Å²) in [4.78, 5) is 20.6. The van der Waals surface area contributed by atoms with Crippen molar-refractivity contribution >= 4 is 11.9 Å². The fraction of sp³-hybridized carbons (Fsp3) is 0.889. The van der Waals surface area contributed by atoms with Crippen molar-refractivity contribution in [3.05, 3.63) is 0 Å². The van der Waals surface area contributed by atoms with Gasteiger partial charge in [0.1, 0.15) is 0 Å². The van der Waals surface area contributed by atoms with Gasteiger partial charge in [-0.15, -0.1) is 0 Å². The monoisotopic (exact) mass is 337 g/mol. The Morgan fingerprint density at radius 2 is 2.08 bits per heavy atom. The molecular weight excluding hydrogens is 302 g/mol. The standard InChI is InChI=1S/C18H35N5O/c1-5-17(24)23-10-8-16(13-23)21-18(19-4)20-11-15(3)22-9-6-7-14(2)12-22/h14-16H,5-13H2,1-4H3,(H2,19,20,21). The third-order valence-electron chi connectivity index (χ3n) is 5.28. The van der Waals surface area contributed by atoms with Crippen molar-refractivity contribution in [3.63, 3.8) is 0 Å². The van der Waals surface area contributed by atoms with Crippen LogP contribution in [0.3, 0.4) is 0 Å². The number of piperidine rings is 1. The molecule has 2 heterocycles. The maximum absolute atomic E-state index is 11.8. The molecule has 138 valence electrons. The largest absolute Gasteiger partial charge is 0.355 e. The lowest BCUT2D eigenvalue weighted by Crippen LogP contribution is -2.50. The van der Waals surface area contributed by atoms with Gasteiger partial charge in [-0.1, -0.05) is 13.8 Å². The number of guanidine groups is 1. The van der Waals surface area contributed by atoms with Crippen LogP contribution in [0.25, 0.3) is 0 Å². The van der Waals surface area contributed by atoms with Gasteiger partial charge in [-0.25, -0.2) is 0 Å². The number of hydrogen-bond donors (Lipinski definition) is 2. The summed E-state index contributed by atoms with van der Waals surface area (Å²) in [5.74, 6) is 1.90. The van der Waals surface area contributed by atoms with Crippen molar-refractivity contribution < 1.29 is 4.79 Å². The summed E-state index contributed by atoms with van der Waals surface area (Å²) in [7, 11) is 1.81. The normalized spacial score (nSPS) is 27.2. The summed E-state index contributed by atoms with van der Waals surface area (Å²) >= 11 is 0. The molecule has 3 atom stereocenters. The van der Waals surface area contributed by atoms with Crippen molar-refractivity contribution in [1.29, 1.82) is 0 Å². The molecule has 1 amide bonds. The lowest BCUT2D eigenvalue weighted by Gasteiger charge is -2.35. The Bertz CT molecular complexity index is 439. The van der Waals surface area contributed by atoms with Gasteiger partial charge in [0, 0.05) is 51.7 Å². The lowest BCUT2D eigenvalue weighted by atomic mass is 9.99. The van der Waals surface area contributed by atoms with Gasteiger partial charge in [-0.3, -0.25) is 14.7 Å². The van der Waals surface area contributed by atoms with E-state index < -0.39 is 0 Å². The molecule has 0 aromatic carbocycles. The van der Waals surface area contributed by atoms with Crippen molar-refractivity contribution in [2.45, 2.75) is 58.5 Å². The zero-order valence-electron chi connectivity index (χ0n) is 15.8. The predicted octanol–water partition coefficient (Wildman–Crippen LogP) is 1.28. The van der Waals surface area contributed by atoms with E-state index in [9.17, 15) is 4.79 Å². The van der Waals surface area contributed by atoms with Gasteiger partial charge in [-0.05, 0) is 38.6 Å². The number of nitrogens with zero attached hydrogens (tertiary/aromatic N) is 3. The van der Waals surface area contributed by atoms with Gasteiger partial charge in [0.2, 0.25) is 5.91 Å². The van der Waals surface area contributed by atoms with Gasteiger partial charge in [0.05, 0.1) is 0 Å². The Morgan fingerprint density at radius 3 is 2.75 bits per heavy atom. The van der Waals surface area contributed by atoms with E-state index in [1.54, 1.807) is 0 Å². The van der Waals surface area contributed by atoms with Crippen molar-refractivity contribution in [3.8, 4) is 0 Å². The maximum Gasteiger partial charge on any atom is 0.222 e. The van der Waals surface area contributed by atoms with Crippen molar-refractivity contribution in [2.75, 3.05) is 39.8 Å². The van der Waals surface area contributed by atoms with Gasteiger partial charge < -0.3 is 15.5 Å². The van der Waals surface area contributed by atoms with Crippen LogP contribution in [0.5, 0.6) is 0 Å². The number of amides is 1. The molecule has 2 fully saturated rings. The minimum atomic E-state index is 0.245. The fourth-order valence-corrected chi connectivity index (χ4v) is 3.72. The van der Waals surface area contributed by atoms with Crippen LogP contribution in [0.2, 0.25) is 0 Å². The highest BCUT2D eigenvalue weighted by Crippen LogP contribution is 2.17. The molecule has 0 bridgehead atoms. The van der Waals surface area contributed by atoms with Crippen LogP contribution in [-0.4, -0.2) is 73.5 Å². The first-order valence-electron chi connectivity index (χ1n) is 9.52.